The number of carbonyl (C=O) groups excluding carboxylic acids is 1. The molecule has 1 aliphatic heterocycles. The first-order chi connectivity index (χ1) is 17.7. The van der Waals surface area contributed by atoms with Gasteiger partial charge < -0.3 is 15.2 Å². The maximum Gasteiger partial charge on any atom is 0.333 e. The third kappa shape index (κ3) is 6.08. The van der Waals surface area contributed by atoms with Gasteiger partial charge in [-0.15, -0.1) is 11.3 Å². The van der Waals surface area contributed by atoms with E-state index in [4.69, 9.17) is 9.88 Å². The van der Waals surface area contributed by atoms with Gasteiger partial charge in [0.05, 0.1) is 29.8 Å². The molecule has 0 bridgehead atoms. The monoisotopic (exact) mass is 608 g/mol. The third-order valence-electron chi connectivity index (χ3n) is 6.59. The fourth-order valence-electron chi connectivity index (χ4n) is 4.82. The minimum atomic E-state index is -4.09. The van der Waals surface area contributed by atoms with Crippen LogP contribution in [0.15, 0.2) is 46.6 Å². The number of anilines is 1. The van der Waals surface area contributed by atoms with Gasteiger partial charge in [0.2, 0.25) is 5.78 Å². The van der Waals surface area contributed by atoms with Gasteiger partial charge in [-0.3, -0.25) is 8.98 Å². The van der Waals surface area contributed by atoms with E-state index in [1.807, 2.05) is 17.5 Å². The van der Waals surface area contributed by atoms with Gasteiger partial charge >= 0.3 is 10.3 Å². The van der Waals surface area contributed by atoms with Crippen molar-refractivity contribution >= 4 is 49.2 Å². The van der Waals surface area contributed by atoms with Crippen molar-refractivity contribution in [2.75, 3.05) is 18.5 Å². The normalized spacial score (nSPS) is 23.5. The van der Waals surface area contributed by atoms with Gasteiger partial charge in [-0.05, 0) is 59.5 Å². The molecule has 1 aromatic carbocycles. The summed E-state index contributed by atoms with van der Waals surface area (Å²) in [4.78, 5) is 22.3. The Balaban J connectivity index is 1.32. The van der Waals surface area contributed by atoms with Gasteiger partial charge in [-0.1, -0.05) is 22.0 Å². The number of benzene rings is 1. The Hall–Kier alpha value is -2.26. The Morgan fingerprint density at radius 3 is 2.97 bits per heavy atom. The lowest BCUT2D eigenvalue weighted by Gasteiger charge is -2.25. The van der Waals surface area contributed by atoms with Gasteiger partial charge in [0, 0.05) is 22.6 Å². The van der Waals surface area contributed by atoms with Crippen LogP contribution in [-0.4, -0.2) is 54.6 Å². The van der Waals surface area contributed by atoms with Crippen molar-refractivity contribution in [3.63, 3.8) is 0 Å². The number of rotatable bonds is 8. The van der Waals surface area contributed by atoms with Crippen LogP contribution in [0.2, 0.25) is 0 Å². The summed E-state index contributed by atoms with van der Waals surface area (Å²) in [7, 11) is -4.09. The van der Waals surface area contributed by atoms with E-state index < -0.39 is 22.3 Å². The van der Waals surface area contributed by atoms with Crippen LogP contribution >= 0.6 is 27.3 Å². The van der Waals surface area contributed by atoms with Gasteiger partial charge in [0.15, 0.2) is 0 Å². The van der Waals surface area contributed by atoms with E-state index in [1.54, 1.807) is 0 Å². The molecule has 4 atom stereocenters. The van der Waals surface area contributed by atoms with Gasteiger partial charge in [0.1, 0.15) is 18.2 Å². The molecule has 5 rings (SSSR count). The van der Waals surface area contributed by atoms with Crippen molar-refractivity contribution in [2.45, 2.75) is 37.5 Å². The van der Waals surface area contributed by atoms with E-state index in [0.717, 1.165) is 22.0 Å². The molecule has 0 spiro atoms. The largest absolute Gasteiger partial charge is 0.393 e. The van der Waals surface area contributed by atoms with Crippen molar-refractivity contribution in [3.8, 4) is 0 Å². The molecule has 1 aliphatic carbocycles. The van der Waals surface area contributed by atoms with Crippen molar-refractivity contribution in [2.24, 2.45) is 11.1 Å². The fraction of sp³-hybridized carbons (Fsp3) is 0.375. The molecule has 3 aromatic rings. The molecule has 3 heterocycles. The molecule has 1 fully saturated rings. The van der Waals surface area contributed by atoms with E-state index in [0.29, 0.717) is 35.7 Å². The van der Waals surface area contributed by atoms with Crippen molar-refractivity contribution in [1.29, 1.82) is 0 Å². The summed E-state index contributed by atoms with van der Waals surface area (Å²) in [5, 5.41) is 20.4. The molecular weight excluding hydrogens is 584 g/mol. The summed E-state index contributed by atoms with van der Waals surface area (Å²) in [6.45, 7) is 0.393. The number of fused-ring (bicyclic) bond motifs is 1. The second kappa shape index (κ2) is 10.8. The topological polar surface area (TPSA) is 154 Å². The summed E-state index contributed by atoms with van der Waals surface area (Å²) >= 11 is 4.87. The van der Waals surface area contributed by atoms with Crippen molar-refractivity contribution in [3.05, 3.63) is 73.8 Å². The summed E-state index contributed by atoms with van der Waals surface area (Å²) in [6, 6.07) is 7.78. The van der Waals surface area contributed by atoms with Crippen LogP contribution in [0.1, 0.15) is 50.9 Å². The number of nitrogens with one attached hydrogen (secondary N) is 1. The lowest BCUT2D eigenvalue weighted by Crippen LogP contribution is -2.24. The number of hydrogen-bond acceptors (Lipinski definition) is 10. The first kappa shape index (κ1) is 26.4. The Kier molecular flexibility index (Phi) is 7.73. The van der Waals surface area contributed by atoms with E-state index in [-0.39, 0.29) is 24.5 Å². The quantitative estimate of drug-likeness (QED) is 0.327. The molecule has 2 aliphatic rings. The van der Waals surface area contributed by atoms with E-state index >= 15 is 0 Å². The summed E-state index contributed by atoms with van der Waals surface area (Å²) in [6.07, 6.45) is 3.39. The molecule has 1 unspecified atom stereocenters. The average molecular weight is 610 g/mol. The molecule has 13 heteroatoms. The molecule has 0 radical (unpaired) electrons. The molecule has 37 heavy (non-hydrogen) atoms. The number of nitrogens with two attached hydrogens (primary N) is 1. The molecule has 0 amide bonds. The smallest absolute Gasteiger partial charge is 0.333 e. The second-order valence-electron chi connectivity index (χ2n) is 9.12. The highest BCUT2D eigenvalue weighted by Crippen LogP contribution is 2.37. The van der Waals surface area contributed by atoms with Crippen LogP contribution in [0.25, 0.3) is 0 Å². The van der Waals surface area contributed by atoms with Gasteiger partial charge in [-0.25, -0.2) is 15.1 Å². The number of hydrogen-bond donors (Lipinski definition) is 3. The van der Waals surface area contributed by atoms with Crippen LogP contribution in [-0.2, 0) is 25.6 Å². The number of aromatic nitrogens is 2. The molecule has 2 aromatic heterocycles. The number of thiophene rings is 1. The molecule has 1 saturated carbocycles. The summed E-state index contributed by atoms with van der Waals surface area (Å²) < 4.78 is 33.9. The lowest BCUT2D eigenvalue weighted by molar-refractivity contribution is 0.0700. The highest BCUT2D eigenvalue weighted by atomic mass is 79.9. The van der Waals surface area contributed by atoms with Crippen molar-refractivity contribution < 1.29 is 27.2 Å². The molecule has 196 valence electrons. The van der Waals surface area contributed by atoms with Crippen LogP contribution in [0.4, 0.5) is 5.82 Å². The number of aliphatic hydroxyl groups excluding tert-OH is 1. The second-order valence-corrected chi connectivity index (χ2v) is 12.2. The Morgan fingerprint density at radius 2 is 2.16 bits per heavy atom. The Morgan fingerprint density at radius 1 is 1.32 bits per heavy atom. The standard InChI is InChI=1S/C24H25BrN4O6S2/c25-16-2-1-13-3-4-34-23(18(13)7-16)15-6-21(36-11-15)22(31)19-9-27-12-28-24(19)29-17-5-14(20(30)8-17)10-35-37(26,32)33/h1-2,6-7,9,11-12,14,17,20,23,30H,3-5,8,10H2,(H2,26,32,33)(H,27,28,29)/t14-,17-,20+,23?/m1/s1. The predicted molar refractivity (Wildman–Crippen MR) is 141 cm³/mol. The van der Waals surface area contributed by atoms with Crippen LogP contribution in [0.3, 0.4) is 0 Å². The number of nitrogens with zero attached hydrogens (tertiary/aromatic N) is 2. The summed E-state index contributed by atoms with van der Waals surface area (Å²) in [5.74, 6) is -0.296. The number of carbonyl (C=O) groups is 1. The van der Waals surface area contributed by atoms with Gasteiger partial charge in [-0.2, -0.15) is 8.42 Å². The molecule has 10 nitrogen and oxygen atoms in total. The van der Waals surface area contributed by atoms with E-state index in [9.17, 15) is 18.3 Å². The lowest BCUT2D eigenvalue weighted by atomic mass is 9.94. The zero-order chi connectivity index (χ0) is 26.2. The van der Waals surface area contributed by atoms with Crippen molar-refractivity contribution in [1.82, 2.24) is 9.97 Å². The minimum Gasteiger partial charge on any atom is -0.393 e. The molecule has 0 saturated heterocycles. The number of halogens is 1. The molecule has 4 N–H and O–H groups in total. The Bertz CT molecular complexity index is 1420. The zero-order valence-corrected chi connectivity index (χ0v) is 22.8. The first-order valence-corrected chi connectivity index (χ1v) is 14.8. The third-order valence-corrected chi connectivity index (χ3v) is 8.50. The SMILES string of the molecule is NS(=O)(=O)OC[C@H]1C[C@@H](Nc2ncncc2C(=O)c2cc(C3OCCc4ccc(Br)cc43)cs2)C[C@@H]1O. The predicted octanol–water partition coefficient (Wildman–Crippen LogP) is 2.97. The summed E-state index contributed by atoms with van der Waals surface area (Å²) in [5.41, 5.74) is 3.54. The van der Waals surface area contributed by atoms with E-state index in [1.165, 1.54) is 29.4 Å². The van der Waals surface area contributed by atoms with Crippen LogP contribution in [0, 0.1) is 5.92 Å². The first-order valence-electron chi connectivity index (χ1n) is 11.6. The highest BCUT2D eigenvalue weighted by Gasteiger charge is 2.35. The number of ketones is 1. The van der Waals surface area contributed by atoms with Crippen LogP contribution in [0.5, 0.6) is 0 Å². The maximum absolute atomic E-state index is 13.5. The minimum absolute atomic E-state index is 0.214. The molecular formula is C24H25BrN4O6S2. The number of ether oxygens (including phenoxy) is 1. The van der Waals surface area contributed by atoms with E-state index in [2.05, 4.69) is 47.5 Å². The average Bonchev–Trinajstić information content (AvgIpc) is 3.48. The highest BCUT2D eigenvalue weighted by molar-refractivity contribution is 9.10. The number of aliphatic hydroxyl groups is 1. The Labute approximate surface area is 226 Å². The van der Waals surface area contributed by atoms with Gasteiger partial charge in [0.25, 0.3) is 0 Å². The zero-order valence-electron chi connectivity index (χ0n) is 19.5. The fourth-order valence-corrected chi connectivity index (χ4v) is 6.44. The maximum atomic E-state index is 13.5. The van der Waals surface area contributed by atoms with Crippen LogP contribution < -0.4 is 10.5 Å².